The second kappa shape index (κ2) is 6.26. The molecule has 1 aromatic carbocycles. The van der Waals surface area contributed by atoms with E-state index in [1.54, 1.807) is 11.0 Å². The van der Waals surface area contributed by atoms with Crippen molar-refractivity contribution in [3.63, 3.8) is 0 Å². The van der Waals surface area contributed by atoms with Gasteiger partial charge in [-0.05, 0) is 39.7 Å². The predicted octanol–water partition coefficient (Wildman–Crippen LogP) is 2.72. The number of nitro groups is 1. The van der Waals surface area contributed by atoms with Gasteiger partial charge < -0.3 is 15.0 Å². The van der Waals surface area contributed by atoms with Crippen LogP contribution in [0, 0.1) is 15.5 Å². The van der Waals surface area contributed by atoms with E-state index < -0.39 is 16.4 Å². The summed E-state index contributed by atoms with van der Waals surface area (Å²) in [5.41, 5.74) is -0.598. The van der Waals surface area contributed by atoms with Crippen LogP contribution in [0.5, 0.6) is 0 Å². The summed E-state index contributed by atoms with van der Waals surface area (Å²) in [5.74, 6) is -0.430. The maximum Gasteiger partial charge on any atom is 0.410 e. The Morgan fingerprint density at radius 1 is 1.27 bits per heavy atom. The van der Waals surface area contributed by atoms with Crippen molar-refractivity contribution in [3.05, 3.63) is 39.9 Å². The van der Waals surface area contributed by atoms with E-state index in [1.165, 1.54) is 18.2 Å². The lowest BCUT2D eigenvalue weighted by atomic mass is 9.60. The van der Waals surface area contributed by atoms with Crippen LogP contribution in [-0.2, 0) is 4.74 Å². The summed E-state index contributed by atoms with van der Waals surface area (Å²) < 4.78 is 5.34. The Morgan fingerprint density at radius 3 is 2.46 bits per heavy atom. The van der Waals surface area contributed by atoms with E-state index in [4.69, 9.17) is 4.74 Å². The van der Waals surface area contributed by atoms with Crippen molar-refractivity contribution < 1.29 is 19.2 Å². The van der Waals surface area contributed by atoms with Crippen LogP contribution in [-0.4, -0.2) is 46.6 Å². The van der Waals surface area contributed by atoms with E-state index in [0.29, 0.717) is 13.1 Å². The first-order valence-corrected chi connectivity index (χ1v) is 8.61. The number of likely N-dealkylation sites (tertiary alicyclic amines) is 1. The second-order valence-electron chi connectivity index (χ2n) is 8.19. The van der Waals surface area contributed by atoms with Gasteiger partial charge in [0.15, 0.2) is 0 Å². The summed E-state index contributed by atoms with van der Waals surface area (Å²) >= 11 is 0. The van der Waals surface area contributed by atoms with Gasteiger partial charge >= 0.3 is 6.09 Å². The normalized spacial score (nSPS) is 18.7. The summed E-state index contributed by atoms with van der Waals surface area (Å²) in [6.07, 6.45) is 1.22. The number of carbonyl (C=O) groups excluding carboxylic acids is 2. The second-order valence-corrected chi connectivity index (χ2v) is 8.19. The Labute approximate surface area is 151 Å². The number of nitrogens with one attached hydrogen (secondary N) is 1. The molecule has 1 aromatic rings. The highest BCUT2D eigenvalue weighted by Crippen LogP contribution is 2.48. The quantitative estimate of drug-likeness (QED) is 0.659. The van der Waals surface area contributed by atoms with Crippen molar-refractivity contribution >= 4 is 17.7 Å². The molecule has 8 heteroatoms. The minimum absolute atomic E-state index is 0.0249. The van der Waals surface area contributed by atoms with Crippen LogP contribution >= 0.6 is 0 Å². The van der Waals surface area contributed by atoms with Gasteiger partial charge in [0, 0.05) is 30.6 Å². The van der Waals surface area contributed by atoms with Crippen LogP contribution in [0.3, 0.4) is 0 Å². The molecule has 26 heavy (non-hydrogen) atoms. The molecule has 1 aliphatic carbocycles. The molecule has 0 atom stereocenters. The van der Waals surface area contributed by atoms with Gasteiger partial charge in [-0.15, -0.1) is 0 Å². The zero-order valence-corrected chi connectivity index (χ0v) is 15.2. The number of nitro benzene ring substituents is 1. The van der Waals surface area contributed by atoms with E-state index in [0.717, 1.165) is 12.8 Å². The molecular weight excluding hydrogens is 338 g/mol. The molecule has 2 amide bonds. The van der Waals surface area contributed by atoms with Crippen LogP contribution in [0.2, 0.25) is 0 Å². The summed E-state index contributed by atoms with van der Waals surface area (Å²) in [4.78, 5) is 36.5. The first-order chi connectivity index (χ1) is 12.1. The fourth-order valence-corrected chi connectivity index (χ4v) is 3.65. The van der Waals surface area contributed by atoms with Crippen molar-refractivity contribution in [1.29, 1.82) is 0 Å². The molecule has 0 unspecified atom stereocenters. The number of nitrogens with zero attached hydrogens (tertiary/aromatic N) is 2. The third-order valence-electron chi connectivity index (χ3n) is 4.74. The van der Waals surface area contributed by atoms with Gasteiger partial charge in [-0.1, -0.05) is 12.1 Å². The highest BCUT2D eigenvalue weighted by Gasteiger charge is 2.54. The number of hydrogen-bond acceptors (Lipinski definition) is 5. The average molecular weight is 361 g/mol. The standard InChI is InChI=1S/C18H23N3O5/c1-17(2,3)26-16(23)20-10-18(11-20)8-12(9-18)19-15(22)13-6-4-5-7-14(13)21(24)25/h4-7,12H,8-11H2,1-3H3,(H,19,22). The number of ether oxygens (including phenoxy) is 1. The van der Waals surface area contributed by atoms with Crippen LogP contribution in [0.1, 0.15) is 44.0 Å². The first-order valence-electron chi connectivity index (χ1n) is 8.61. The van der Waals surface area contributed by atoms with Crippen molar-refractivity contribution in [3.8, 4) is 0 Å². The maximum absolute atomic E-state index is 12.3. The number of benzene rings is 1. The van der Waals surface area contributed by atoms with E-state index in [-0.39, 0.29) is 28.8 Å². The number of para-hydroxylation sites is 1. The monoisotopic (exact) mass is 361 g/mol. The van der Waals surface area contributed by atoms with Crippen LogP contribution in [0.25, 0.3) is 0 Å². The molecule has 140 valence electrons. The molecule has 3 rings (SSSR count). The third-order valence-corrected chi connectivity index (χ3v) is 4.74. The molecule has 0 radical (unpaired) electrons. The maximum atomic E-state index is 12.3. The molecule has 2 fully saturated rings. The third kappa shape index (κ3) is 3.63. The lowest BCUT2D eigenvalue weighted by molar-refractivity contribution is -0.385. The highest BCUT2D eigenvalue weighted by molar-refractivity contribution is 5.98. The smallest absolute Gasteiger partial charge is 0.410 e. The van der Waals surface area contributed by atoms with E-state index in [2.05, 4.69) is 5.32 Å². The molecule has 1 saturated carbocycles. The molecule has 1 aliphatic heterocycles. The summed E-state index contributed by atoms with van der Waals surface area (Å²) in [5, 5.41) is 13.9. The zero-order valence-electron chi connectivity index (χ0n) is 15.2. The van der Waals surface area contributed by atoms with Gasteiger partial charge in [-0.2, -0.15) is 0 Å². The molecule has 1 saturated heterocycles. The van der Waals surface area contributed by atoms with E-state index in [9.17, 15) is 19.7 Å². The number of rotatable bonds is 3. The molecule has 1 heterocycles. The number of amides is 2. The van der Waals surface area contributed by atoms with Gasteiger partial charge in [0.2, 0.25) is 0 Å². The molecule has 0 bridgehead atoms. The number of carbonyl (C=O) groups is 2. The Kier molecular flexibility index (Phi) is 4.37. The van der Waals surface area contributed by atoms with E-state index >= 15 is 0 Å². The van der Waals surface area contributed by atoms with Crippen LogP contribution in [0.15, 0.2) is 24.3 Å². The number of hydrogen-bond donors (Lipinski definition) is 1. The van der Waals surface area contributed by atoms with Crippen LogP contribution in [0.4, 0.5) is 10.5 Å². The molecule has 0 aromatic heterocycles. The summed E-state index contributed by atoms with van der Waals surface area (Å²) in [6, 6.07) is 5.89. The predicted molar refractivity (Wildman–Crippen MR) is 93.8 cm³/mol. The fourth-order valence-electron chi connectivity index (χ4n) is 3.65. The van der Waals surface area contributed by atoms with Crippen LogP contribution < -0.4 is 5.32 Å². The highest BCUT2D eigenvalue weighted by atomic mass is 16.6. The minimum Gasteiger partial charge on any atom is -0.444 e. The molecule has 2 aliphatic rings. The minimum atomic E-state index is -0.554. The largest absolute Gasteiger partial charge is 0.444 e. The Balaban J connectivity index is 1.49. The van der Waals surface area contributed by atoms with Gasteiger partial charge in [0.05, 0.1) is 4.92 Å². The first kappa shape index (κ1) is 18.2. The molecule has 1 N–H and O–H groups in total. The summed E-state index contributed by atoms with van der Waals surface area (Å²) in [7, 11) is 0. The van der Waals surface area contributed by atoms with Crippen molar-refractivity contribution in [1.82, 2.24) is 10.2 Å². The topological polar surface area (TPSA) is 102 Å². The molecule has 1 spiro atoms. The van der Waals surface area contributed by atoms with Crippen molar-refractivity contribution in [2.24, 2.45) is 5.41 Å². The fraction of sp³-hybridized carbons (Fsp3) is 0.556. The van der Waals surface area contributed by atoms with Gasteiger partial charge in [0.1, 0.15) is 11.2 Å². The van der Waals surface area contributed by atoms with Gasteiger partial charge in [-0.3, -0.25) is 14.9 Å². The van der Waals surface area contributed by atoms with Gasteiger partial charge in [-0.25, -0.2) is 4.79 Å². The van der Waals surface area contributed by atoms with E-state index in [1.807, 2.05) is 20.8 Å². The Bertz CT molecular complexity index is 741. The van der Waals surface area contributed by atoms with Gasteiger partial charge in [0.25, 0.3) is 11.6 Å². The van der Waals surface area contributed by atoms with Crippen molar-refractivity contribution in [2.45, 2.75) is 45.3 Å². The Morgan fingerprint density at radius 2 is 1.88 bits per heavy atom. The zero-order chi connectivity index (χ0) is 19.1. The lowest BCUT2D eigenvalue weighted by Gasteiger charge is -2.58. The SMILES string of the molecule is CC(C)(C)OC(=O)N1CC2(CC(NC(=O)c3ccccc3[N+](=O)[O-])C2)C1. The summed E-state index contributed by atoms with van der Waals surface area (Å²) in [6.45, 7) is 6.74. The molecular formula is C18H23N3O5. The molecule has 8 nitrogen and oxygen atoms in total. The Hall–Kier alpha value is -2.64. The van der Waals surface area contributed by atoms with Crippen molar-refractivity contribution in [2.75, 3.05) is 13.1 Å². The lowest BCUT2D eigenvalue weighted by Crippen LogP contribution is -2.67. The average Bonchev–Trinajstić information content (AvgIpc) is 2.46.